The Bertz CT molecular complexity index is 529. The highest BCUT2D eigenvalue weighted by Crippen LogP contribution is 2.26. The minimum absolute atomic E-state index is 0.0839. The molecule has 0 saturated heterocycles. The van der Waals surface area contributed by atoms with Gasteiger partial charge in [-0.25, -0.2) is 0 Å². The molecule has 0 N–H and O–H groups in total. The number of hydrogen-bond donors (Lipinski definition) is 0. The van der Waals surface area contributed by atoms with Crippen molar-refractivity contribution in [1.29, 1.82) is 0 Å². The van der Waals surface area contributed by atoms with E-state index in [4.69, 9.17) is 23.2 Å². The van der Waals surface area contributed by atoms with Crippen molar-refractivity contribution >= 4 is 41.2 Å². The molecular weight excluding hydrogens is 301 g/mol. The third-order valence-electron chi connectivity index (χ3n) is 2.63. The highest BCUT2D eigenvalue weighted by molar-refractivity contribution is 6.42. The maximum absolute atomic E-state index is 12.0. The summed E-state index contributed by atoms with van der Waals surface area (Å²) in [6, 6.07) is 5.15. The van der Waals surface area contributed by atoms with Crippen LogP contribution in [-0.2, 0) is 14.3 Å². The molecule has 0 fully saturated rings. The van der Waals surface area contributed by atoms with Gasteiger partial charge < -0.3 is 9.64 Å². The van der Waals surface area contributed by atoms with Crippen molar-refractivity contribution in [3.63, 3.8) is 0 Å². The second-order valence-corrected chi connectivity index (χ2v) is 4.69. The number of nitrogens with zero attached hydrogens (tertiary/aromatic N) is 1. The number of halogens is 2. The summed E-state index contributed by atoms with van der Waals surface area (Å²) in [5.74, 6) is -0.761. The van der Waals surface area contributed by atoms with E-state index in [-0.39, 0.29) is 12.5 Å². The van der Waals surface area contributed by atoms with Crippen LogP contribution < -0.4 is 0 Å². The standard InChI is InChI=1S/C14H15Cl2NO3/c1-3-17(9-13(19)20-2)12(18)8-7-10-5-4-6-11(15)14(10)16/h4-8H,3,9H2,1-2H3. The predicted molar refractivity (Wildman–Crippen MR) is 79.8 cm³/mol. The van der Waals surface area contributed by atoms with E-state index in [0.29, 0.717) is 22.2 Å². The van der Waals surface area contributed by atoms with Gasteiger partial charge in [0.15, 0.2) is 0 Å². The molecule has 4 nitrogen and oxygen atoms in total. The molecule has 0 aromatic heterocycles. The largest absolute Gasteiger partial charge is 0.468 e. The number of carbonyl (C=O) groups excluding carboxylic acids is 2. The summed E-state index contributed by atoms with van der Waals surface area (Å²) in [6.45, 7) is 2.10. The molecule has 0 aliphatic carbocycles. The number of ether oxygens (including phenoxy) is 1. The molecule has 0 unspecified atom stereocenters. The molecule has 0 atom stereocenters. The summed E-state index contributed by atoms with van der Waals surface area (Å²) in [7, 11) is 1.28. The molecule has 1 aromatic carbocycles. The summed E-state index contributed by atoms with van der Waals surface area (Å²) < 4.78 is 4.53. The van der Waals surface area contributed by atoms with Gasteiger partial charge in [-0.3, -0.25) is 9.59 Å². The third kappa shape index (κ3) is 4.54. The van der Waals surface area contributed by atoms with Crippen LogP contribution >= 0.6 is 23.2 Å². The lowest BCUT2D eigenvalue weighted by Crippen LogP contribution is -2.34. The van der Waals surface area contributed by atoms with Crippen LogP contribution in [0.25, 0.3) is 6.08 Å². The minimum Gasteiger partial charge on any atom is -0.468 e. The fourth-order valence-corrected chi connectivity index (χ4v) is 1.85. The number of rotatable bonds is 5. The maximum Gasteiger partial charge on any atom is 0.325 e. The van der Waals surface area contributed by atoms with Crippen LogP contribution in [0, 0.1) is 0 Å². The first kappa shape index (κ1) is 16.5. The molecule has 0 heterocycles. The zero-order valence-corrected chi connectivity index (χ0v) is 12.7. The molecular formula is C14H15Cl2NO3. The zero-order chi connectivity index (χ0) is 15.1. The van der Waals surface area contributed by atoms with Gasteiger partial charge in [0.05, 0.1) is 17.2 Å². The number of hydrogen-bond acceptors (Lipinski definition) is 3. The van der Waals surface area contributed by atoms with E-state index in [2.05, 4.69) is 4.74 Å². The van der Waals surface area contributed by atoms with Gasteiger partial charge >= 0.3 is 5.97 Å². The first-order valence-electron chi connectivity index (χ1n) is 5.97. The Balaban J connectivity index is 2.80. The quantitative estimate of drug-likeness (QED) is 0.620. The van der Waals surface area contributed by atoms with Crippen molar-refractivity contribution in [2.24, 2.45) is 0 Å². The molecule has 0 bridgehead atoms. The van der Waals surface area contributed by atoms with Crippen LogP contribution in [0.15, 0.2) is 24.3 Å². The van der Waals surface area contributed by atoms with E-state index in [1.165, 1.54) is 18.1 Å². The van der Waals surface area contributed by atoms with Crippen molar-refractivity contribution in [2.45, 2.75) is 6.92 Å². The second kappa shape index (κ2) is 7.92. The van der Waals surface area contributed by atoms with E-state index in [1.807, 2.05) is 0 Å². The third-order valence-corrected chi connectivity index (χ3v) is 3.46. The Labute approximate surface area is 127 Å². The van der Waals surface area contributed by atoms with E-state index in [9.17, 15) is 9.59 Å². The fourth-order valence-electron chi connectivity index (χ4n) is 1.48. The summed E-state index contributed by atoms with van der Waals surface area (Å²) in [6.07, 6.45) is 2.92. The lowest BCUT2D eigenvalue weighted by atomic mass is 10.2. The molecule has 1 rings (SSSR count). The van der Waals surface area contributed by atoms with E-state index < -0.39 is 5.97 Å². The van der Waals surface area contributed by atoms with Gasteiger partial charge in [-0.1, -0.05) is 35.3 Å². The van der Waals surface area contributed by atoms with Crippen molar-refractivity contribution < 1.29 is 14.3 Å². The minimum atomic E-state index is -0.464. The van der Waals surface area contributed by atoms with Crippen LogP contribution in [0.5, 0.6) is 0 Å². The van der Waals surface area contributed by atoms with Gasteiger partial charge in [-0.05, 0) is 24.6 Å². The monoisotopic (exact) mass is 315 g/mol. The van der Waals surface area contributed by atoms with Gasteiger partial charge in [0.1, 0.15) is 6.54 Å². The average molecular weight is 316 g/mol. The molecule has 1 aromatic rings. The van der Waals surface area contributed by atoms with E-state index in [1.54, 1.807) is 31.2 Å². The predicted octanol–water partition coefficient (Wildman–Crippen LogP) is 3.03. The number of likely N-dealkylation sites (N-methyl/N-ethyl adjacent to an activating group) is 1. The molecule has 20 heavy (non-hydrogen) atoms. The average Bonchev–Trinajstić information content (AvgIpc) is 2.45. The molecule has 0 saturated carbocycles. The second-order valence-electron chi connectivity index (χ2n) is 3.90. The number of esters is 1. The number of methoxy groups -OCH3 is 1. The molecule has 0 radical (unpaired) electrons. The van der Waals surface area contributed by atoms with Crippen molar-refractivity contribution in [2.75, 3.05) is 20.2 Å². The first-order chi connectivity index (χ1) is 9.49. The Morgan fingerprint density at radius 1 is 1.35 bits per heavy atom. The van der Waals surface area contributed by atoms with Crippen LogP contribution in [0.4, 0.5) is 0 Å². The summed E-state index contributed by atoms with van der Waals surface area (Å²) in [5, 5.41) is 0.803. The summed E-state index contributed by atoms with van der Waals surface area (Å²) >= 11 is 11.9. The normalized spacial score (nSPS) is 10.6. The Morgan fingerprint density at radius 3 is 2.65 bits per heavy atom. The summed E-state index contributed by atoms with van der Waals surface area (Å²) in [5.41, 5.74) is 0.640. The van der Waals surface area contributed by atoms with Gasteiger partial charge in [-0.15, -0.1) is 0 Å². The Hall–Kier alpha value is -1.52. The molecule has 6 heteroatoms. The highest BCUT2D eigenvalue weighted by Gasteiger charge is 2.13. The fraction of sp³-hybridized carbons (Fsp3) is 0.286. The van der Waals surface area contributed by atoms with Crippen LogP contribution in [0.3, 0.4) is 0 Å². The Morgan fingerprint density at radius 2 is 2.05 bits per heavy atom. The highest BCUT2D eigenvalue weighted by atomic mass is 35.5. The molecule has 0 spiro atoms. The summed E-state index contributed by atoms with van der Waals surface area (Å²) in [4.78, 5) is 24.5. The van der Waals surface area contributed by atoms with Gasteiger partial charge in [0, 0.05) is 12.6 Å². The number of carbonyl (C=O) groups is 2. The molecule has 1 amide bonds. The Kier molecular flexibility index (Phi) is 6.55. The molecule has 0 aliphatic rings. The first-order valence-corrected chi connectivity index (χ1v) is 6.73. The lowest BCUT2D eigenvalue weighted by Gasteiger charge is -2.17. The molecule has 108 valence electrons. The topological polar surface area (TPSA) is 46.6 Å². The van der Waals surface area contributed by atoms with Crippen molar-refractivity contribution in [3.8, 4) is 0 Å². The number of amides is 1. The van der Waals surface area contributed by atoms with Gasteiger partial charge in [0.2, 0.25) is 5.91 Å². The van der Waals surface area contributed by atoms with Gasteiger partial charge in [0.25, 0.3) is 0 Å². The van der Waals surface area contributed by atoms with Crippen molar-refractivity contribution in [1.82, 2.24) is 4.90 Å². The van der Waals surface area contributed by atoms with Crippen LogP contribution in [0.2, 0.25) is 10.0 Å². The lowest BCUT2D eigenvalue weighted by molar-refractivity contribution is -0.145. The van der Waals surface area contributed by atoms with Crippen LogP contribution in [0.1, 0.15) is 12.5 Å². The molecule has 0 aliphatic heterocycles. The van der Waals surface area contributed by atoms with Crippen LogP contribution in [-0.4, -0.2) is 37.0 Å². The zero-order valence-electron chi connectivity index (χ0n) is 11.2. The van der Waals surface area contributed by atoms with E-state index in [0.717, 1.165) is 0 Å². The SMILES string of the molecule is CCN(CC(=O)OC)C(=O)C=Cc1cccc(Cl)c1Cl. The smallest absolute Gasteiger partial charge is 0.325 e. The van der Waals surface area contributed by atoms with E-state index >= 15 is 0 Å². The van der Waals surface area contributed by atoms with Gasteiger partial charge in [-0.2, -0.15) is 0 Å². The number of benzene rings is 1. The maximum atomic E-state index is 12.0. The van der Waals surface area contributed by atoms with Crippen molar-refractivity contribution in [3.05, 3.63) is 39.9 Å².